The molecular formula is C23H20N4O4S. The Morgan fingerprint density at radius 2 is 1.75 bits per heavy atom. The summed E-state index contributed by atoms with van der Waals surface area (Å²) in [4.78, 5) is 16.5. The summed E-state index contributed by atoms with van der Waals surface area (Å²) in [7, 11) is -3.87. The summed E-state index contributed by atoms with van der Waals surface area (Å²) in [5.41, 5.74) is 7.39. The molecule has 8 nitrogen and oxygen atoms in total. The number of nitrogens with two attached hydrogens (primary N) is 2. The summed E-state index contributed by atoms with van der Waals surface area (Å²) in [6, 6.07) is 20.2. The molecule has 1 aromatic heterocycles. The van der Waals surface area contributed by atoms with Gasteiger partial charge in [-0.3, -0.25) is 4.79 Å². The molecule has 0 saturated carbocycles. The molecule has 9 heteroatoms. The van der Waals surface area contributed by atoms with Gasteiger partial charge in [-0.05, 0) is 47.3 Å². The molecule has 0 spiro atoms. The molecule has 0 aliphatic carbocycles. The van der Waals surface area contributed by atoms with Crippen LogP contribution in [-0.4, -0.2) is 26.0 Å². The molecule has 3 aromatic carbocycles. The second-order valence-corrected chi connectivity index (χ2v) is 8.52. The molecule has 0 aliphatic rings. The molecule has 5 N–H and O–H groups in total. The molecule has 1 heterocycles. The molecule has 4 aromatic rings. The molecule has 0 atom stereocenters. The van der Waals surface area contributed by atoms with Crippen molar-refractivity contribution in [2.45, 2.75) is 4.90 Å². The van der Waals surface area contributed by atoms with Gasteiger partial charge in [0.1, 0.15) is 11.6 Å². The van der Waals surface area contributed by atoms with Crippen LogP contribution in [-0.2, 0) is 10.0 Å². The van der Waals surface area contributed by atoms with E-state index in [1.54, 1.807) is 60.8 Å². The van der Waals surface area contributed by atoms with Gasteiger partial charge in [-0.2, -0.15) is 0 Å². The van der Waals surface area contributed by atoms with Crippen LogP contribution in [0.25, 0.3) is 21.9 Å². The fourth-order valence-corrected chi connectivity index (χ4v) is 4.06. The van der Waals surface area contributed by atoms with Crippen molar-refractivity contribution in [1.82, 2.24) is 10.3 Å². The van der Waals surface area contributed by atoms with Gasteiger partial charge in [-0.15, -0.1) is 0 Å². The molecule has 4 rings (SSSR count). The number of carbonyl (C=O) groups is 1. The maximum Gasteiger partial charge on any atom is 0.253 e. The minimum Gasteiger partial charge on any atom is -0.473 e. The largest absolute Gasteiger partial charge is 0.473 e. The number of amides is 1. The fraction of sp³-hybridized carbons (Fsp3) is 0.0435. The van der Waals surface area contributed by atoms with E-state index in [0.29, 0.717) is 28.3 Å². The Kier molecular flexibility index (Phi) is 5.76. The lowest BCUT2D eigenvalue weighted by molar-refractivity contribution is 0.0919. The van der Waals surface area contributed by atoms with Gasteiger partial charge in [-0.1, -0.05) is 36.4 Å². The maximum atomic E-state index is 12.4. The number of benzene rings is 3. The normalized spacial score (nSPS) is 11.3. The van der Waals surface area contributed by atoms with Gasteiger partial charge < -0.3 is 15.8 Å². The summed E-state index contributed by atoms with van der Waals surface area (Å²) in [5, 5.41) is 9.69. The molecule has 0 radical (unpaired) electrons. The summed E-state index contributed by atoms with van der Waals surface area (Å²) in [5.74, 6) is 0.617. The van der Waals surface area contributed by atoms with Gasteiger partial charge in [0.15, 0.2) is 6.73 Å². The third-order valence-corrected chi connectivity index (χ3v) is 5.86. The lowest BCUT2D eigenvalue weighted by Crippen LogP contribution is -2.27. The number of pyridine rings is 1. The summed E-state index contributed by atoms with van der Waals surface area (Å²) in [6.45, 7) is -0.0412. The van der Waals surface area contributed by atoms with Crippen molar-refractivity contribution in [1.29, 1.82) is 0 Å². The first-order valence-electron chi connectivity index (χ1n) is 9.60. The number of nitrogens with zero attached hydrogens (tertiary/aromatic N) is 1. The molecule has 1 amide bonds. The molecule has 0 aliphatic heterocycles. The minimum atomic E-state index is -3.87. The number of sulfonamides is 1. The average Bonchev–Trinajstić information content (AvgIpc) is 2.79. The summed E-state index contributed by atoms with van der Waals surface area (Å²) < 4.78 is 29.2. The number of nitrogen functional groups attached to an aromatic ring is 1. The van der Waals surface area contributed by atoms with Crippen molar-refractivity contribution in [2.75, 3.05) is 12.5 Å². The van der Waals surface area contributed by atoms with E-state index >= 15 is 0 Å². The number of hydrogen-bond acceptors (Lipinski definition) is 6. The smallest absolute Gasteiger partial charge is 0.253 e. The number of carbonyl (C=O) groups excluding carboxylic acids is 1. The van der Waals surface area contributed by atoms with Crippen LogP contribution in [0.15, 0.2) is 83.9 Å². The predicted octanol–water partition coefficient (Wildman–Crippen LogP) is 2.90. The number of fused-ring (bicyclic) bond motifs is 1. The highest BCUT2D eigenvalue weighted by Gasteiger charge is 2.15. The Hall–Kier alpha value is -3.95. The van der Waals surface area contributed by atoms with Crippen molar-refractivity contribution in [3.05, 3.63) is 84.6 Å². The standard InChI is InChI=1S/C23H20N4O4S/c24-22-20-13-18(10-9-16(20)11-12-26-22)31-14-27-23(28)17-7-5-15(6-8-17)19-3-1-2-4-21(19)32(25,29)30/h1-13H,14H2,(H2,24,26)(H,27,28)(H2,25,29,30). The number of hydrogen-bond donors (Lipinski definition) is 3. The van der Waals surface area contributed by atoms with Gasteiger partial charge in [0, 0.05) is 22.7 Å². The zero-order valence-electron chi connectivity index (χ0n) is 16.9. The van der Waals surface area contributed by atoms with E-state index in [1.165, 1.54) is 6.07 Å². The summed E-state index contributed by atoms with van der Waals surface area (Å²) in [6.07, 6.45) is 1.64. The van der Waals surface area contributed by atoms with Crippen molar-refractivity contribution in [3.8, 4) is 16.9 Å². The van der Waals surface area contributed by atoms with Crippen LogP contribution in [0.1, 0.15) is 10.4 Å². The number of anilines is 1. The molecule has 0 fully saturated rings. The molecular weight excluding hydrogens is 428 g/mol. The third-order valence-electron chi connectivity index (χ3n) is 4.89. The topological polar surface area (TPSA) is 137 Å². The Labute approximate surface area is 184 Å². The van der Waals surface area contributed by atoms with Crippen LogP contribution in [0.3, 0.4) is 0 Å². The molecule has 0 unspecified atom stereocenters. The van der Waals surface area contributed by atoms with E-state index in [2.05, 4.69) is 10.3 Å². The lowest BCUT2D eigenvalue weighted by atomic mass is 10.0. The Balaban J connectivity index is 1.43. The average molecular weight is 449 g/mol. The quantitative estimate of drug-likeness (QED) is 0.388. The first-order chi connectivity index (χ1) is 15.3. The van der Waals surface area contributed by atoms with Gasteiger partial charge in [0.05, 0.1) is 4.90 Å². The number of ether oxygens (including phenoxy) is 1. The van der Waals surface area contributed by atoms with Crippen molar-refractivity contribution < 1.29 is 17.9 Å². The van der Waals surface area contributed by atoms with Crippen molar-refractivity contribution in [2.24, 2.45) is 5.14 Å². The molecule has 32 heavy (non-hydrogen) atoms. The van der Waals surface area contributed by atoms with Crippen LogP contribution in [0, 0.1) is 0 Å². The Morgan fingerprint density at radius 3 is 2.50 bits per heavy atom. The molecule has 162 valence electrons. The Bertz CT molecular complexity index is 1400. The lowest BCUT2D eigenvalue weighted by Gasteiger charge is -2.11. The van der Waals surface area contributed by atoms with E-state index in [-0.39, 0.29) is 17.5 Å². The van der Waals surface area contributed by atoms with E-state index in [1.807, 2.05) is 12.1 Å². The van der Waals surface area contributed by atoms with Crippen molar-refractivity contribution in [3.63, 3.8) is 0 Å². The molecule has 0 bridgehead atoms. The van der Waals surface area contributed by atoms with Gasteiger partial charge in [0.25, 0.3) is 5.91 Å². The number of primary sulfonamides is 1. The van der Waals surface area contributed by atoms with Crippen LogP contribution < -0.4 is 20.9 Å². The van der Waals surface area contributed by atoms with E-state index in [9.17, 15) is 13.2 Å². The highest BCUT2D eigenvalue weighted by molar-refractivity contribution is 7.89. The van der Waals surface area contributed by atoms with Crippen LogP contribution in [0.4, 0.5) is 5.82 Å². The zero-order chi connectivity index (χ0) is 22.7. The van der Waals surface area contributed by atoms with E-state index in [4.69, 9.17) is 15.6 Å². The minimum absolute atomic E-state index is 0.0248. The maximum absolute atomic E-state index is 12.4. The highest BCUT2D eigenvalue weighted by Crippen LogP contribution is 2.27. The monoisotopic (exact) mass is 448 g/mol. The number of rotatable bonds is 6. The second kappa shape index (κ2) is 8.66. The van der Waals surface area contributed by atoms with Gasteiger partial charge in [0.2, 0.25) is 10.0 Å². The van der Waals surface area contributed by atoms with Gasteiger partial charge in [-0.25, -0.2) is 18.5 Å². The third kappa shape index (κ3) is 4.53. The first-order valence-corrected chi connectivity index (χ1v) is 11.1. The van der Waals surface area contributed by atoms with Crippen LogP contribution in [0.5, 0.6) is 5.75 Å². The van der Waals surface area contributed by atoms with E-state index < -0.39 is 10.0 Å². The van der Waals surface area contributed by atoms with E-state index in [0.717, 1.165) is 10.8 Å². The predicted molar refractivity (Wildman–Crippen MR) is 122 cm³/mol. The first kappa shape index (κ1) is 21.3. The second-order valence-electron chi connectivity index (χ2n) is 6.99. The zero-order valence-corrected chi connectivity index (χ0v) is 17.7. The number of nitrogens with one attached hydrogen (secondary N) is 1. The fourth-order valence-electron chi connectivity index (χ4n) is 3.30. The Morgan fingerprint density at radius 1 is 1.00 bits per heavy atom. The van der Waals surface area contributed by atoms with Crippen molar-refractivity contribution >= 4 is 32.5 Å². The van der Waals surface area contributed by atoms with Crippen LogP contribution in [0.2, 0.25) is 0 Å². The molecule has 0 saturated heterocycles. The van der Waals surface area contributed by atoms with Gasteiger partial charge >= 0.3 is 0 Å². The summed E-state index contributed by atoms with van der Waals surface area (Å²) >= 11 is 0. The SMILES string of the molecule is Nc1nccc2ccc(OCNC(=O)c3ccc(-c4ccccc4S(N)(=O)=O)cc3)cc12. The highest BCUT2D eigenvalue weighted by atomic mass is 32.2. The number of aromatic nitrogens is 1. The van der Waals surface area contributed by atoms with Crippen LogP contribution >= 0.6 is 0 Å².